The minimum absolute atomic E-state index is 0.236. The molecule has 3 heterocycles. The molecule has 1 aliphatic heterocycles. The SMILES string of the molecule is COc1cccc(CNc2nnc([C@@H]3Cc4ccccc4O3)o2)n1. The van der Waals surface area contributed by atoms with E-state index in [1.807, 2.05) is 36.4 Å². The van der Waals surface area contributed by atoms with Gasteiger partial charge in [0.1, 0.15) is 5.75 Å². The van der Waals surface area contributed by atoms with E-state index >= 15 is 0 Å². The number of methoxy groups -OCH3 is 1. The normalized spacial score (nSPS) is 15.6. The van der Waals surface area contributed by atoms with Crippen molar-refractivity contribution < 1.29 is 13.9 Å². The predicted octanol–water partition coefficient (Wildman–Crippen LogP) is 2.76. The van der Waals surface area contributed by atoms with E-state index in [4.69, 9.17) is 13.9 Å². The van der Waals surface area contributed by atoms with Gasteiger partial charge in [-0.3, -0.25) is 0 Å². The first-order valence-electron chi connectivity index (χ1n) is 7.63. The van der Waals surface area contributed by atoms with Gasteiger partial charge in [-0.25, -0.2) is 4.98 Å². The lowest BCUT2D eigenvalue weighted by atomic mass is 10.1. The molecule has 0 spiro atoms. The van der Waals surface area contributed by atoms with Crippen molar-refractivity contribution in [3.8, 4) is 11.6 Å². The molecule has 4 rings (SSSR count). The molecule has 0 unspecified atom stereocenters. The zero-order chi connectivity index (χ0) is 16.4. The van der Waals surface area contributed by atoms with Crippen LogP contribution in [0.1, 0.15) is 23.3 Å². The first kappa shape index (κ1) is 14.5. The van der Waals surface area contributed by atoms with Crippen LogP contribution in [-0.4, -0.2) is 22.3 Å². The van der Waals surface area contributed by atoms with E-state index in [0.717, 1.165) is 23.4 Å². The molecule has 0 bridgehead atoms. The number of rotatable bonds is 5. The molecular weight excluding hydrogens is 308 g/mol. The molecule has 3 aromatic rings. The van der Waals surface area contributed by atoms with Gasteiger partial charge in [0, 0.05) is 12.5 Å². The maximum absolute atomic E-state index is 5.85. The highest BCUT2D eigenvalue weighted by molar-refractivity contribution is 5.38. The van der Waals surface area contributed by atoms with E-state index in [0.29, 0.717) is 24.3 Å². The Morgan fingerprint density at radius 2 is 2.08 bits per heavy atom. The minimum atomic E-state index is -0.236. The zero-order valence-electron chi connectivity index (χ0n) is 13.1. The van der Waals surface area contributed by atoms with Crippen molar-refractivity contribution >= 4 is 6.01 Å². The van der Waals surface area contributed by atoms with Gasteiger partial charge in [0.15, 0.2) is 6.10 Å². The molecule has 1 N–H and O–H groups in total. The van der Waals surface area contributed by atoms with Crippen LogP contribution in [0, 0.1) is 0 Å². The molecule has 0 saturated heterocycles. The first-order chi connectivity index (χ1) is 11.8. The van der Waals surface area contributed by atoms with E-state index in [1.165, 1.54) is 0 Å². The molecule has 1 aliphatic rings. The van der Waals surface area contributed by atoms with Crippen LogP contribution < -0.4 is 14.8 Å². The van der Waals surface area contributed by atoms with Crippen LogP contribution in [0.4, 0.5) is 6.01 Å². The molecule has 7 heteroatoms. The second-order valence-electron chi connectivity index (χ2n) is 5.39. The quantitative estimate of drug-likeness (QED) is 0.772. The second kappa shape index (κ2) is 6.19. The predicted molar refractivity (Wildman–Crippen MR) is 85.9 cm³/mol. The van der Waals surface area contributed by atoms with E-state index in [-0.39, 0.29) is 6.10 Å². The van der Waals surface area contributed by atoms with Crippen LogP contribution in [0.2, 0.25) is 0 Å². The van der Waals surface area contributed by atoms with Gasteiger partial charge in [0.2, 0.25) is 5.88 Å². The van der Waals surface area contributed by atoms with Crippen molar-refractivity contribution in [1.29, 1.82) is 0 Å². The highest BCUT2D eigenvalue weighted by atomic mass is 16.5. The number of ether oxygens (including phenoxy) is 2. The van der Waals surface area contributed by atoms with E-state index in [9.17, 15) is 0 Å². The molecule has 0 saturated carbocycles. The van der Waals surface area contributed by atoms with Crippen molar-refractivity contribution in [2.75, 3.05) is 12.4 Å². The summed E-state index contributed by atoms with van der Waals surface area (Å²) >= 11 is 0. The Morgan fingerprint density at radius 3 is 2.96 bits per heavy atom. The Kier molecular flexibility index (Phi) is 3.74. The summed E-state index contributed by atoms with van der Waals surface area (Å²) in [5, 5.41) is 11.2. The van der Waals surface area contributed by atoms with Crippen molar-refractivity contribution in [3.63, 3.8) is 0 Å². The maximum Gasteiger partial charge on any atom is 0.315 e. The molecule has 122 valence electrons. The lowest BCUT2D eigenvalue weighted by Gasteiger charge is -2.05. The van der Waals surface area contributed by atoms with Gasteiger partial charge in [-0.15, -0.1) is 5.10 Å². The average Bonchev–Trinajstić information content (AvgIpc) is 3.26. The fraction of sp³-hybridized carbons (Fsp3) is 0.235. The standard InChI is InChI=1S/C17H16N4O3/c1-22-15-8-4-6-12(19-15)10-18-17-21-20-16(24-17)14-9-11-5-2-3-7-13(11)23-14/h2-8,14H,9-10H2,1H3,(H,18,21)/t14-/m0/s1. The van der Waals surface area contributed by atoms with Gasteiger partial charge in [-0.1, -0.05) is 29.4 Å². The Labute approximate surface area is 138 Å². The molecular formula is C17H16N4O3. The van der Waals surface area contributed by atoms with E-state index in [2.05, 4.69) is 20.5 Å². The smallest absolute Gasteiger partial charge is 0.315 e. The summed E-state index contributed by atoms with van der Waals surface area (Å²) in [6, 6.07) is 13.8. The Hall–Kier alpha value is -3.09. The van der Waals surface area contributed by atoms with Crippen molar-refractivity contribution in [1.82, 2.24) is 15.2 Å². The van der Waals surface area contributed by atoms with Crippen LogP contribution in [0.3, 0.4) is 0 Å². The van der Waals surface area contributed by atoms with Crippen LogP contribution in [-0.2, 0) is 13.0 Å². The molecule has 24 heavy (non-hydrogen) atoms. The van der Waals surface area contributed by atoms with Crippen LogP contribution in [0.5, 0.6) is 11.6 Å². The average molecular weight is 324 g/mol. The van der Waals surface area contributed by atoms with Gasteiger partial charge >= 0.3 is 6.01 Å². The van der Waals surface area contributed by atoms with Crippen LogP contribution >= 0.6 is 0 Å². The molecule has 0 aliphatic carbocycles. The lowest BCUT2D eigenvalue weighted by Crippen LogP contribution is -2.03. The summed E-state index contributed by atoms with van der Waals surface area (Å²) < 4.78 is 16.6. The van der Waals surface area contributed by atoms with E-state index < -0.39 is 0 Å². The van der Waals surface area contributed by atoms with Gasteiger partial charge < -0.3 is 19.2 Å². The number of hydrogen-bond donors (Lipinski definition) is 1. The number of pyridine rings is 1. The number of nitrogens with one attached hydrogen (secondary N) is 1. The third kappa shape index (κ3) is 2.88. The van der Waals surface area contributed by atoms with Gasteiger partial charge in [-0.2, -0.15) is 0 Å². The molecule has 1 atom stereocenters. The molecule has 0 radical (unpaired) electrons. The highest BCUT2D eigenvalue weighted by Gasteiger charge is 2.28. The summed E-state index contributed by atoms with van der Waals surface area (Å²) in [6.45, 7) is 0.463. The summed E-state index contributed by atoms with van der Waals surface area (Å²) in [5.41, 5.74) is 1.97. The fourth-order valence-corrected chi connectivity index (χ4v) is 2.59. The highest BCUT2D eigenvalue weighted by Crippen LogP contribution is 2.36. The van der Waals surface area contributed by atoms with Gasteiger partial charge in [0.05, 0.1) is 19.3 Å². The minimum Gasteiger partial charge on any atom is -0.481 e. The maximum atomic E-state index is 5.85. The summed E-state index contributed by atoms with van der Waals surface area (Å²) in [6.07, 6.45) is 0.496. The third-order valence-corrected chi connectivity index (χ3v) is 3.77. The number of para-hydroxylation sites is 1. The summed E-state index contributed by atoms with van der Waals surface area (Å²) in [7, 11) is 1.59. The van der Waals surface area contributed by atoms with E-state index in [1.54, 1.807) is 13.2 Å². The second-order valence-corrected chi connectivity index (χ2v) is 5.39. The van der Waals surface area contributed by atoms with Gasteiger partial charge in [-0.05, 0) is 17.7 Å². The zero-order valence-corrected chi connectivity index (χ0v) is 13.1. The van der Waals surface area contributed by atoms with Crippen LogP contribution in [0.25, 0.3) is 0 Å². The number of fused-ring (bicyclic) bond motifs is 1. The molecule has 0 amide bonds. The van der Waals surface area contributed by atoms with Crippen molar-refractivity contribution in [2.45, 2.75) is 19.1 Å². The Bertz CT molecular complexity index is 824. The number of nitrogens with zero attached hydrogens (tertiary/aromatic N) is 3. The molecule has 0 fully saturated rings. The first-order valence-corrected chi connectivity index (χ1v) is 7.63. The van der Waals surface area contributed by atoms with Crippen LogP contribution in [0.15, 0.2) is 46.9 Å². The number of hydrogen-bond acceptors (Lipinski definition) is 7. The molecule has 1 aromatic carbocycles. The topological polar surface area (TPSA) is 82.3 Å². The Morgan fingerprint density at radius 1 is 1.17 bits per heavy atom. The summed E-state index contributed by atoms with van der Waals surface area (Å²) in [5.74, 6) is 1.90. The monoisotopic (exact) mass is 324 g/mol. The number of anilines is 1. The largest absolute Gasteiger partial charge is 0.481 e. The summed E-state index contributed by atoms with van der Waals surface area (Å²) in [4.78, 5) is 4.32. The number of aromatic nitrogens is 3. The lowest BCUT2D eigenvalue weighted by molar-refractivity contribution is 0.199. The third-order valence-electron chi connectivity index (χ3n) is 3.77. The molecule has 2 aromatic heterocycles. The fourth-order valence-electron chi connectivity index (χ4n) is 2.59. The number of benzene rings is 1. The Balaban J connectivity index is 1.40. The van der Waals surface area contributed by atoms with Crippen molar-refractivity contribution in [2.24, 2.45) is 0 Å². The van der Waals surface area contributed by atoms with Gasteiger partial charge in [0.25, 0.3) is 5.89 Å². The van der Waals surface area contributed by atoms with Crippen molar-refractivity contribution in [3.05, 3.63) is 59.6 Å². The molecule has 7 nitrogen and oxygen atoms in total.